The Hall–Kier alpha value is -2.59. The molecule has 0 radical (unpaired) electrons. The van der Waals surface area contributed by atoms with Gasteiger partial charge in [0.25, 0.3) is 0 Å². The third-order valence-electron chi connectivity index (χ3n) is 4.63. The van der Waals surface area contributed by atoms with Crippen LogP contribution in [0.5, 0.6) is 0 Å². The highest BCUT2D eigenvalue weighted by Gasteiger charge is 2.16. The van der Waals surface area contributed by atoms with Gasteiger partial charge in [-0.1, -0.05) is 60.7 Å². The molecule has 0 aromatic heterocycles. The first kappa shape index (κ1) is 17.2. The molecule has 1 aliphatic rings. The number of hydrogen-bond acceptors (Lipinski definition) is 3. The van der Waals surface area contributed by atoms with Crippen LogP contribution in [0.2, 0.25) is 0 Å². The molecule has 4 heteroatoms. The number of nitrogens with zero attached hydrogens (tertiary/aromatic N) is 1. The molecule has 3 rings (SSSR count). The Balaban J connectivity index is 1.87. The van der Waals surface area contributed by atoms with Gasteiger partial charge in [-0.05, 0) is 43.1 Å². The van der Waals surface area contributed by atoms with E-state index in [9.17, 15) is 0 Å². The first-order valence-corrected chi connectivity index (χ1v) is 8.85. The highest BCUT2D eigenvalue weighted by atomic mass is 14.9. The molecule has 0 amide bonds. The molecule has 2 aromatic carbocycles. The fourth-order valence-corrected chi connectivity index (χ4v) is 3.24. The van der Waals surface area contributed by atoms with E-state index in [0.29, 0.717) is 11.8 Å². The zero-order valence-electron chi connectivity index (χ0n) is 14.4. The van der Waals surface area contributed by atoms with Crippen LogP contribution in [0, 0.1) is 5.92 Å². The van der Waals surface area contributed by atoms with E-state index in [0.717, 1.165) is 42.8 Å². The summed E-state index contributed by atoms with van der Waals surface area (Å²) in [5, 5.41) is 3.35. The summed E-state index contributed by atoms with van der Waals surface area (Å²) in [6.45, 7) is 2.01. The summed E-state index contributed by atoms with van der Waals surface area (Å²) in [5.41, 5.74) is 15.6. The topological polar surface area (TPSA) is 76.4 Å². The molecule has 0 unspecified atom stereocenters. The van der Waals surface area contributed by atoms with E-state index in [1.165, 1.54) is 0 Å². The van der Waals surface area contributed by atoms with Crippen molar-refractivity contribution in [3.05, 3.63) is 83.6 Å². The zero-order valence-corrected chi connectivity index (χ0v) is 14.4. The van der Waals surface area contributed by atoms with E-state index >= 15 is 0 Å². The number of benzene rings is 2. The molecule has 1 aliphatic heterocycles. The predicted octanol–water partition coefficient (Wildman–Crippen LogP) is 2.98. The van der Waals surface area contributed by atoms with E-state index in [1.54, 1.807) is 0 Å². The summed E-state index contributed by atoms with van der Waals surface area (Å²) >= 11 is 0. The van der Waals surface area contributed by atoms with E-state index < -0.39 is 0 Å². The summed E-state index contributed by atoms with van der Waals surface area (Å²) in [7, 11) is 0. The van der Waals surface area contributed by atoms with Crippen LogP contribution in [-0.4, -0.2) is 18.9 Å². The van der Waals surface area contributed by atoms with Gasteiger partial charge in [0.15, 0.2) is 0 Å². The highest BCUT2D eigenvalue weighted by molar-refractivity contribution is 5.92. The number of nitrogens with one attached hydrogen (secondary N) is 1. The van der Waals surface area contributed by atoms with Crippen LogP contribution in [0.15, 0.2) is 77.4 Å². The van der Waals surface area contributed by atoms with Gasteiger partial charge in [-0.25, -0.2) is 0 Å². The Morgan fingerprint density at radius 2 is 1.44 bits per heavy atom. The van der Waals surface area contributed by atoms with Gasteiger partial charge in [0.1, 0.15) is 11.9 Å². The molecule has 1 heterocycles. The monoisotopic (exact) mass is 334 g/mol. The number of allylic oxidation sites excluding steroid dienone is 1. The largest absolute Gasteiger partial charge is 0.402 e. The molecule has 0 aliphatic carbocycles. The first-order valence-electron chi connectivity index (χ1n) is 8.85. The Kier molecular flexibility index (Phi) is 5.86. The van der Waals surface area contributed by atoms with Crippen molar-refractivity contribution in [3.8, 4) is 0 Å². The van der Waals surface area contributed by atoms with Crippen molar-refractivity contribution in [2.45, 2.75) is 18.9 Å². The molecule has 25 heavy (non-hydrogen) atoms. The maximum absolute atomic E-state index is 6.27. The highest BCUT2D eigenvalue weighted by Crippen LogP contribution is 2.26. The third-order valence-corrected chi connectivity index (χ3v) is 4.63. The summed E-state index contributed by atoms with van der Waals surface area (Å²) in [6, 6.07) is 20.3. The molecule has 4 nitrogen and oxygen atoms in total. The minimum Gasteiger partial charge on any atom is -0.402 e. The van der Waals surface area contributed by atoms with Gasteiger partial charge in [-0.3, -0.25) is 4.99 Å². The minimum atomic E-state index is -0.125. The number of amidine groups is 1. The molecule has 0 bridgehead atoms. The maximum Gasteiger partial charge on any atom is 0.121 e. The molecule has 0 spiro atoms. The number of hydrogen-bond donors (Lipinski definition) is 3. The second-order valence-corrected chi connectivity index (χ2v) is 6.45. The van der Waals surface area contributed by atoms with Crippen LogP contribution < -0.4 is 16.8 Å². The Bertz CT molecular complexity index is 677. The van der Waals surface area contributed by atoms with Gasteiger partial charge in [0.2, 0.25) is 0 Å². The number of rotatable bonds is 5. The standard InChI is InChI=1S/C21H26N4/c22-19(16-11-13-24-14-12-16)15-20(23)25-21(17-7-3-1-4-8-17)18-9-5-2-6-10-18/h1-10,15-16,21,24H,11-14,22H2,(H2,23,25). The molecule has 0 atom stereocenters. The van der Waals surface area contributed by atoms with Crippen LogP contribution in [0.3, 0.4) is 0 Å². The van der Waals surface area contributed by atoms with E-state index in [2.05, 4.69) is 29.6 Å². The zero-order chi connectivity index (χ0) is 17.5. The van der Waals surface area contributed by atoms with E-state index in [1.807, 2.05) is 42.5 Å². The van der Waals surface area contributed by atoms with Gasteiger partial charge in [-0.2, -0.15) is 0 Å². The van der Waals surface area contributed by atoms with E-state index in [-0.39, 0.29) is 6.04 Å². The van der Waals surface area contributed by atoms with Crippen LogP contribution in [-0.2, 0) is 0 Å². The molecule has 130 valence electrons. The van der Waals surface area contributed by atoms with Crippen LogP contribution in [0.4, 0.5) is 0 Å². The molecular formula is C21H26N4. The van der Waals surface area contributed by atoms with Crippen molar-refractivity contribution in [1.29, 1.82) is 0 Å². The lowest BCUT2D eigenvalue weighted by atomic mass is 9.94. The van der Waals surface area contributed by atoms with Crippen molar-refractivity contribution in [2.75, 3.05) is 13.1 Å². The fourth-order valence-electron chi connectivity index (χ4n) is 3.24. The third kappa shape index (κ3) is 4.70. The molecular weight excluding hydrogens is 308 g/mol. The second-order valence-electron chi connectivity index (χ2n) is 6.45. The van der Waals surface area contributed by atoms with E-state index in [4.69, 9.17) is 16.5 Å². The van der Waals surface area contributed by atoms with Gasteiger partial charge >= 0.3 is 0 Å². The van der Waals surface area contributed by atoms with Crippen LogP contribution in [0.25, 0.3) is 0 Å². The average molecular weight is 334 g/mol. The Morgan fingerprint density at radius 1 is 0.920 bits per heavy atom. The van der Waals surface area contributed by atoms with Crippen molar-refractivity contribution < 1.29 is 0 Å². The quantitative estimate of drug-likeness (QED) is 0.581. The van der Waals surface area contributed by atoms with Crippen molar-refractivity contribution in [1.82, 2.24) is 5.32 Å². The van der Waals surface area contributed by atoms with Crippen LogP contribution >= 0.6 is 0 Å². The van der Waals surface area contributed by atoms with Crippen molar-refractivity contribution in [3.63, 3.8) is 0 Å². The summed E-state index contributed by atoms with van der Waals surface area (Å²) in [4.78, 5) is 4.77. The summed E-state index contributed by atoms with van der Waals surface area (Å²) in [6.07, 6.45) is 3.95. The molecule has 5 N–H and O–H groups in total. The smallest absolute Gasteiger partial charge is 0.121 e. The normalized spacial score (nSPS) is 17.0. The van der Waals surface area contributed by atoms with Gasteiger partial charge < -0.3 is 16.8 Å². The predicted molar refractivity (Wildman–Crippen MR) is 104 cm³/mol. The Morgan fingerprint density at radius 3 is 1.96 bits per heavy atom. The lowest BCUT2D eigenvalue weighted by Crippen LogP contribution is -2.31. The minimum absolute atomic E-state index is 0.125. The van der Waals surface area contributed by atoms with Gasteiger partial charge in [-0.15, -0.1) is 0 Å². The SMILES string of the molecule is NC(=CC(N)=NC(c1ccccc1)c1ccccc1)C1CCNCC1. The van der Waals surface area contributed by atoms with Crippen molar-refractivity contribution in [2.24, 2.45) is 22.4 Å². The lowest BCUT2D eigenvalue weighted by molar-refractivity contribution is 0.417. The lowest BCUT2D eigenvalue weighted by Gasteiger charge is -2.23. The molecule has 1 saturated heterocycles. The second kappa shape index (κ2) is 8.49. The molecule has 2 aromatic rings. The average Bonchev–Trinajstić information content (AvgIpc) is 2.68. The first-order chi connectivity index (χ1) is 12.2. The number of nitrogens with two attached hydrogens (primary N) is 2. The van der Waals surface area contributed by atoms with Gasteiger partial charge in [0.05, 0.1) is 0 Å². The molecule has 1 fully saturated rings. The Labute approximate surface area is 149 Å². The fraction of sp³-hybridized carbons (Fsp3) is 0.286. The molecule has 0 saturated carbocycles. The van der Waals surface area contributed by atoms with Crippen LogP contribution in [0.1, 0.15) is 30.0 Å². The summed E-state index contributed by atoms with van der Waals surface area (Å²) < 4.78 is 0. The maximum atomic E-state index is 6.27. The van der Waals surface area contributed by atoms with Gasteiger partial charge in [0, 0.05) is 11.6 Å². The van der Waals surface area contributed by atoms with Crippen molar-refractivity contribution >= 4 is 5.84 Å². The number of piperidine rings is 1. The summed E-state index contributed by atoms with van der Waals surface area (Å²) in [5.74, 6) is 0.871. The number of aliphatic imine (C=N–C) groups is 1.